The predicted octanol–water partition coefficient (Wildman–Crippen LogP) is 3.12. The van der Waals surface area contributed by atoms with E-state index in [4.69, 9.17) is 0 Å². The van der Waals surface area contributed by atoms with Crippen LogP contribution in [0.2, 0.25) is 0 Å². The average Bonchev–Trinajstić information content (AvgIpc) is 3.16. The van der Waals surface area contributed by atoms with Crippen molar-refractivity contribution in [3.05, 3.63) is 53.9 Å². The molecule has 1 aromatic heterocycles. The van der Waals surface area contributed by atoms with Gasteiger partial charge in [0.25, 0.3) is 5.91 Å². The number of halogens is 1. The molecule has 4 heterocycles. The van der Waals surface area contributed by atoms with Gasteiger partial charge in [-0.25, -0.2) is 9.37 Å². The Hall–Kier alpha value is -2.21. The Kier molecular flexibility index (Phi) is 4.90. The first-order valence-corrected chi connectivity index (χ1v) is 10.9. The van der Waals surface area contributed by atoms with Crippen molar-refractivity contribution >= 4 is 5.91 Å². The number of aromatic nitrogens is 2. The summed E-state index contributed by atoms with van der Waals surface area (Å²) >= 11 is 0. The molecule has 1 aromatic carbocycles. The van der Waals surface area contributed by atoms with E-state index in [0.717, 1.165) is 31.6 Å². The molecule has 154 valence electrons. The summed E-state index contributed by atoms with van der Waals surface area (Å²) in [5, 5.41) is 0. The number of rotatable bonds is 3. The molecule has 6 heteroatoms. The highest BCUT2D eigenvalue weighted by molar-refractivity contribution is 5.90. The summed E-state index contributed by atoms with van der Waals surface area (Å²) in [6.45, 7) is 2.73. The fourth-order valence-electron chi connectivity index (χ4n) is 5.97. The van der Waals surface area contributed by atoms with Crippen LogP contribution in [0.3, 0.4) is 0 Å². The fourth-order valence-corrected chi connectivity index (χ4v) is 5.97. The maximum absolute atomic E-state index is 13.8. The van der Waals surface area contributed by atoms with Crippen molar-refractivity contribution in [2.24, 2.45) is 18.9 Å². The minimum absolute atomic E-state index is 0.0426. The van der Waals surface area contributed by atoms with Crippen molar-refractivity contribution < 1.29 is 9.18 Å². The molecule has 0 saturated carbocycles. The fraction of sp³-hybridized carbons (Fsp3) is 0.565. The van der Waals surface area contributed by atoms with Crippen molar-refractivity contribution in [3.63, 3.8) is 0 Å². The number of amides is 1. The lowest BCUT2D eigenvalue weighted by Gasteiger charge is -2.57. The largest absolute Gasteiger partial charge is 0.335 e. The van der Waals surface area contributed by atoms with Gasteiger partial charge >= 0.3 is 0 Å². The molecule has 0 aliphatic carbocycles. The van der Waals surface area contributed by atoms with Crippen LogP contribution in [0.5, 0.6) is 0 Å². The van der Waals surface area contributed by atoms with E-state index < -0.39 is 0 Å². The summed E-state index contributed by atoms with van der Waals surface area (Å²) in [6, 6.07) is 7.93. The lowest BCUT2D eigenvalue weighted by Crippen LogP contribution is -2.64. The van der Waals surface area contributed by atoms with Crippen molar-refractivity contribution in [1.82, 2.24) is 19.4 Å². The molecule has 1 amide bonds. The number of carbonyl (C=O) groups is 1. The van der Waals surface area contributed by atoms with Crippen molar-refractivity contribution in [1.29, 1.82) is 0 Å². The van der Waals surface area contributed by atoms with Gasteiger partial charge < -0.3 is 9.47 Å². The summed E-state index contributed by atoms with van der Waals surface area (Å²) in [6.07, 6.45) is 9.26. The molecule has 3 saturated heterocycles. The smallest absolute Gasteiger partial charge is 0.289 e. The predicted molar refractivity (Wildman–Crippen MR) is 109 cm³/mol. The van der Waals surface area contributed by atoms with Gasteiger partial charge in [0.15, 0.2) is 5.82 Å². The highest BCUT2D eigenvalue weighted by Crippen LogP contribution is 2.42. The zero-order valence-corrected chi connectivity index (χ0v) is 17.0. The zero-order valence-electron chi connectivity index (χ0n) is 17.0. The number of likely N-dealkylation sites (tertiary alicyclic amines) is 1. The Morgan fingerprint density at radius 3 is 2.90 bits per heavy atom. The first-order chi connectivity index (χ1) is 14.1. The molecule has 0 spiro atoms. The number of carbonyl (C=O) groups excluding carboxylic acids is 1. The van der Waals surface area contributed by atoms with Crippen LogP contribution in [0, 0.1) is 17.7 Å². The second-order valence-corrected chi connectivity index (χ2v) is 9.03. The Morgan fingerprint density at radius 2 is 2.10 bits per heavy atom. The van der Waals surface area contributed by atoms with E-state index in [-0.39, 0.29) is 11.7 Å². The highest BCUT2D eigenvalue weighted by atomic mass is 19.1. The maximum Gasteiger partial charge on any atom is 0.289 e. The number of piperidine rings is 3. The topological polar surface area (TPSA) is 41.4 Å². The maximum atomic E-state index is 13.8. The van der Waals surface area contributed by atoms with Gasteiger partial charge in [-0.15, -0.1) is 0 Å². The molecule has 5 nitrogen and oxygen atoms in total. The van der Waals surface area contributed by atoms with E-state index >= 15 is 0 Å². The van der Waals surface area contributed by atoms with Gasteiger partial charge in [-0.05, 0) is 61.8 Å². The summed E-state index contributed by atoms with van der Waals surface area (Å²) in [5.74, 6) is 1.35. The van der Waals surface area contributed by atoms with Gasteiger partial charge in [0.05, 0.1) is 0 Å². The molecular weight excluding hydrogens is 367 g/mol. The highest BCUT2D eigenvalue weighted by Gasteiger charge is 2.48. The summed E-state index contributed by atoms with van der Waals surface area (Å²) < 4.78 is 15.6. The van der Waals surface area contributed by atoms with Gasteiger partial charge in [-0.1, -0.05) is 18.6 Å². The Labute approximate surface area is 171 Å². The van der Waals surface area contributed by atoms with Crippen LogP contribution >= 0.6 is 0 Å². The molecule has 3 aliphatic rings. The molecule has 3 aliphatic heterocycles. The average molecular weight is 397 g/mol. The Balaban J connectivity index is 1.42. The molecule has 3 fully saturated rings. The van der Waals surface area contributed by atoms with Crippen molar-refractivity contribution in [2.75, 3.05) is 19.6 Å². The summed E-state index contributed by atoms with van der Waals surface area (Å²) in [5.41, 5.74) is 1.06. The van der Waals surface area contributed by atoms with Gasteiger partial charge in [0.1, 0.15) is 5.82 Å². The molecule has 0 unspecified atom stereocenters. The minimum Gasteiger partial charge on any atom is -0.335 e. The number of imidazole rings is 1. The van der Waals surface area contributed by atoms with Crippen molar-refractivity contribution in [3.8, 4) is 0 Å². The van der Waals surface area contributed by atoms with Crippen LogP contribution in [0.15, 0.2) is 36.7 Å². The molecule has 2 aromatic rings. The summed E-state index contributed by atoms with van der Waals surface area (Å²) in [4.78, 5) is 22.2. The normalized spacial score (nSPS) is 29.5. The molecule has 0 radical (unpaired) electrons. The van der Waals surface area contributed by atoms with Crippen LogP contribution in [0.25, 0.3) is 0 Å². The lowest BCUT2D eigenvalue weighted by molar-refractivity contribution is -0.0644. The molecule has 4 atom stereocenters. The SMILES string of the molecule is Cn1ccnc1C(=O)N1C[C@H]2C[C@@H](C1)[C@H](Cc1cccc(F)c1)N1CCCC[C@@H]21. The third kappa shape index (κ3) is 3.48. The number of fused-ring (bicyclic) bond motifs is 4. The monoisotopic (exact) mass is 396 g/mol. The molecule has 5 rings (SSSR count). The Bertz CT molecular complexity index is 897. The lowest BCUT2D eigenvalue weighted by atomic mass is 9.71. The molecular formula is C23H29FN4O. The van der Waals surface area contributed by atoms with Crippen LogP contribution < -0.4 is 0 Å². The van der Waals surface area contributed by atoms with E-state index in [9.17, 15) is 9.18 Å². The van der Waals surface area contributed by atoms with Gasteiger partial charge in [-0.2, -0.15) is 0 Å². The molecule has 29 heavy (non-hydrogen) atoms. The molecule has 0 N–H and O–H groups in total. The van der Waals surface area contributed by atoms with Crippen LogP contribution in [0.1, 0.15) is 41.9 Å². The number of benzene rings is 1. The van der Waals surface area contributed by atoms with E-state index in [1.54, 1.807) is 12.3 Å². The Morgan fingerprint density at radius 1 is 1.24 bits per heavy atom. The zero-order chi connectivity index (χ0) is 20.0. The van der Waals surface area contributed by atoms with Gasteiger partial charge in [0.2, 0.25) is 0 Å². The second kappa shape index (κ2) is 7.56. The first kappa shape index (κ1) is 18.8. The van der Waals surface area contributed by atoms with E-state index in [0.29, 0.717) is 29.7 Å². The van der Waals surface area contributed by atoms with Crippen molar-refractivity contribution in [2.45, 2.75) is 44.2 Å². The van der Waals surface area contributed by atoms with Crippen LogP contribution in [-0.2, 0) is 13.5 Å². The third-order valence-electron chi connectivity index (χ3n) is 7.26. The standard InChI is InChI=1S/C23H29FN4O/c1-26-10-8-25-22(26)23(29)27-14-17-13-18(15-27)21(28-9-3-2-7-20(17)28)12-16-5-4-6-19(24)11-16/h4-6,8,10-11,17-18,20-21H,2-3,7,9,12-15H2,1H3/t17-,18+,20+,21+/m1/s1. The first-order valence-electron chi connectivity index (χ1n) is 10.9. The molecule has 2 bridgehead atoms. The van der Waals surface area contributed by atoms with E-state index in [1.807, 2.05) is 34.8 Å². The minimum atomic E-state index is -0.165. The van der Waals surface area contributed by atoms with Gasteiger partial charge in [0, 0.05) is 44.6 Å². The van der Waals surface area contributed by atoms with Crippen LogP contribution in [-0.4, -0.2) is 57.0 Å². The number of hydrogen-bond donors (Lipinski definition) is 0. The van der Waals surface area contributed by atoms with E-state index in [1.165, 1.54) is 31.7 Å². The number of aryl methyl sites for hydroxylation is 1. The second-order valence-electron chi connectivity index (χ2n) is 9.03. The third-order valence-corrected chi connectivity index (χ3v) is 7.26. The number of nitrogens with zero attached hydrogens (tertiary/aromatic N) is 4. The van der Waals surface area contributed by atoms with Crippen LogP contribution in [0.4, 0.5) is 4.39 Å². The van der Waals surface area contributed by atoms with E-state index in [2.05, 4.69) is 9.88 Å². The summed E-state index contributed by atoms with van der Waals surface area (Å²) in [7, 11) is 1.88. The quantitative estimate of drug-likeness (QED) is 0.801. The number of hydrogen-bond acceptors (Lipinski definition) is 3. The van der Waals surface area contributed by atoms with Gasteiger partial charge in [-0.3, -0.25) is 9.69 Å².